The van der Waals surface area contributed by atoms with Crippen LogP contribution in [0.15, 0.2) is 6.07 Å². The maximum atomic E-state index is 12.6. The van der Waals surface area contributed by atoms with Crippen LogP contribution >= 0.6 is 0 Å². The van der Waals surface area contributed by atoms with Crippen LogP contribution in [0.2, 0.25) is 0 Å². The Kier molecular flexibility index (Phi) is 2.21. The van der Waals surface area contributed by atoms with Gasteiger partial charge in [0.2, 0.25) is 0 Å². The van der Waals surface area contributed by atoms with Gasteiger partial charge in [0, 0.05) is 11.3 Å². The number of hydrogen-bond donors (Lipinski definition) is 1. The largest absolute Gasteiger partial charge is 0.381 e. The highest BCUT2D eigenvalue weighted by Crippen LogP contribution is 2.23. The summed E-state index contributed by atoms with van der Waals surface area (Å²) in [5.41, 5.74) is 4.70. The minimum absolute atomic E-state index is 0.0592. The van der Waals surface area contributed by atoms with E-state index in [2.05, 4.69) is 4.98 Å². The van der Waals surface area contributed by atoms with Crippen LogP contribution in [-0.2, 0) is 0 Å². The summed E-state index contributed by atoms with van der Waals surface area (Å²) in [6.07, 6.45) is -2.72. The molecule has 0 bridgehead atoms. The maximum absolute atomic E-state index is 12.6. The molecule has 2 N–H and O–H groups in total. The fourth-order valence-corrected chi connectivity index (χ4v) is 0.834. The molecule has 66 valence electrons. The zero-order chi connectivity index (χ0) is 9.30. The van der Waals surface area contributed by atoms with E-state index in [0.717, 1.165) is 0 Å². The molecule has 1 aromatic rings. The highest BCUT2D eigenvalue weighted by molar-refractivity contribution is 5.36. The van der Waals surface area contributed by atoms with E-state index in [1.807, 2.05) is 0 Å². The van der Waals surface area contributed by atoms with Crippen molar-refractivity contribution in [3.05, 3.63) is 23.1 Å². The second-order valence-electron chi connectivity index (χ2n) is 2.33. The van der Waals surface area contributed by atoms with Crippen molar-refractivity contribution in [3.63, 3.8) is 0 Å². The number of rotatable bonds is 1. The molecular weight excluding hydrogens is 169 g/mol. The Labute approximate surface area is 67.2 Å². The molecule has 0 amide bonds. The molecular formula is C7H7F3N2. The van der Waals surface area contributed by atoms with Gasteiger partial charge in [-0.3, -0.25) is 0 Å². The first kappa shape index (κ1) is 8.83. The topological polar surface area (TPSA) is 38.9 Å². The van der Waals surface area contributed by atoms with Crippen LogP contribution in [0.5, 0.6) is 0 Å². The molecule has 0 spiro atoms. The molecule has 0 unspecified atom stereocenters. The number of pyridine rings is 1. The van der Waals surface area contributed by atoms with Gasteiger partial charge in [-0.15, -0.1) is 0 Å². The Bertz CT molecular complexity index is 299. The van der Waals surface area contributed by atoms with Crippen LogP contribution in [0.3, 0.4) is 0 Å². The summed E-state index contributed by atoms with van der Waals surface area (Å²) < 4.78 is 36.8. The molecule has 1 aromatic heterocycles. The molecule has 0 aliphatic carbocycles. The van der Waals surface area contributed by atoms with Crippen molar-refractivity contribution in [2.45, 2.75) is 13.3 Å². The van der Waals surface area contributed by atoms with Crippen LogP contribution in [-0.4, -0.2) is 4.98 Å². The fourth-order valence-electron chi connectivity index (χ4n) is 0.834. The van der Waals surface area contributed by atoms with Gasteiger partial charge in [-0.2, -0.15) is 0 Å². The first-order valence-electron chi connectivity index (χ1n) is 3.23. The van der Waals surface area contributed by atoms with E-state index >= 15 is 0 Å². The Morgan fingerprint density at radius 3 is 2.58 bits per heavy atom. The highest BCUT2D eigenvalue weighted by atomic mass is 19.3. The van der Waals surface area contributed by atoms with Gasteiger partial charge < -0.3 is 5.73 Å². The summed E-state index contributed by atoms with van der Waals surface area (Å²) in [5.74, 6) is -1.26. The van der Waals surface area contributed by atoms with Crippen molar-refractivity contribution in [3.8, 4) is 0 Å². The number of halogens is 3. The number of nitrogens with two attached hydrogens (primary N) is 1. The lowest BCUT2D eigenvalue weighted by Crippen LogP contribution is -2.01. The summed E-state index contributed by atoms with van der Waals surface area (Å²) in [6, 6.07) is 0.711. The van der Waals surface area contributed by atoms with E-state index < -0.39 is 17.8 Å². The van der Waals surface area contributed by atoms with Crippen LogP contribution in [0.25, 0.3) is 0 Å². The molecule has 0 saturated carbocycles. The quantitative estimate of drug-likeness (QED) is 0.711. The molecule has 1 heterocycles. The molecule has 1 rings (SSSR count). The van der Waals surface area contributed by atoms with Crippen molar-refractivity contribution >= 4 is 5.82 Å². The third-order valence-electron chi connectivity index (χ3n) is 1.47. The SMILES string of the molecule is Cc1nc(N)c(F)cc1C(F)F. The van der Waals surface area contributed by atoms with Crippen molar-refractivity contribution < 1.29 is 13.2 Å². The Morgan fingerprint density at radius 1 is 1.50 bits per heavy atom. The Balaban J connectivity index is 3.23. The third kappa shape index (κ3) is 1.49. The van der Waals surface area contributed by atoms with Gasteiger partial charge in [-0.05, 0) is 13.0 Å². The van der Waals surface area contributed by atoms with Crippen LogP contribution in [0, 0.1) is 12.7 Å². The molecule has 0 saturated heterocycles. The van der Waals surface area contributed by atoms with Gasteiger partial charge >= 0.3 is 0 Å². The molecule has 2 nitrogen and oxygen atoms in total. The number of aryl methyl sites for hydroxylation is 1. The number of nitrogen functional groups attached to an aromatic ring is 1. The lowest BCUT2D eigenvalue weighted by atomic mass is 10.2. The molecule has 12 heavy (non-hydrogen) atoms. The summed E-state index contributed by atoms with van der Waals surface area (Å²) in [7, 11) is 0. The first-order valence-corrected chi connectivity index (χ1v) is 3.23. The summed E-state index contributed by atoms with van der Waals surface area (Å²) >= 11 is 0. The van der Waals surface area contributed by atoms with Gasteiger partial charge in [0.1, 0.15) is 0 Å². The molecule has 0 aliphatic heterocycles. The monoisotopic (exact) mass is 176 g/mol. The minimum Gasteiger partial charge on any atom is -0.381 e. The van der Waals surface area contributed by atoms with Gasteiger partial charge in [0.05, 0.1) is 0 Å². The number of anilines is 1. The predicted molar refractivity (Wildman–Crippen MR) is 38.3 cm³/mol. The summed E-state index contributed by atoms with van der Waals surface area (Å²) in [6.45, 7) is 1.36. The Hall–Kier alpha value is -1.26. The van der Waals surface area contributed by atoms with Crippen molar-refractivity contribution in [2.75, 3.05) is 5.73 Å². The van der Waals surface area contributed by atoms with Crippen LogP contribution < -0.4 is 5.73 Å². The maximum Gasteiger partial charge on any atom is 0.265 e. The van der Waals surface area contributed by atoms with E-state index in [1.165, 1.54) is 6.92 Å². The summed E-state index contributed by atoms with van der Waals surface area (Å²) in [4.78, 5) is 3.42. The third-order valence-corrected chi connectivity index (χ3v) is 1.47. The predicted octanol–water partition coefficient (Wildman–Crippen LogP) is 2.05. The number of nitrogens with zero attached hydrogens (tertiary/aromatic N) is 1. The summed E-state index contributed by atoms with van der Waals surface area (Å²) in [5, 5.41) is 0. The fraction of sp³-hybridized carbons (Fsp3) is 0.286. The van der Waals surface area contributed by atoms with E-state index in [0.29, 0.717) is 6.07 Å². The Morgan fingerprint density at radius 2 is 2.08 bits per heavy atom. The van der Waals surface area contributed by atoms with Crippen molar-refractivity contribution in [2.24, 2.45) is 0 Å². The van der Waals surface area contributed by atoms with E-state index in [9.17, 15) is 13.2 Å². The highest BCUT2D eigenvalue weighted by Gasteiger charge is 2.14. The van der Waals surface area contributed by atoms with Crippen LogP contribution in [0.4, 0.5) is 19.0 Å². The second kappa shape index (κ2) is 3.00. The average molecular weight is 176 g/mol. The normalized spacial score (nSPS) is 10.8. The van der Waals surface area contributed by atoms with Crippen molar-refractivity contribution in [1.29, 1.82) is 0 Å². The second-order valence-corrected chi connectivity index (χ2v) is 2.33. The first-order chi connectivity index (χ1) is 5.52. The smallest absolute Gasteiger partial charge is 0.265 e. The van der Waals surface area contributed by atoms with Crippen LogP contribution in [0.1, 0.15) is 17.7 Å². The molecule has 0 aliphatic rings. The molecule has 5 heteroatoms. The number of hydrogen-bond acceptors (Lipinski definition) is 2. The van der Waals surface area contributed by atoms with E-state index in [1.54, 1.807) is 0 Å². The van der Waals surface area contributed by atoms with Gasteiger partial charge in [0.15, 0.2) is 11.6 Å². The number of alkyl halides is 2. The molecule has 0 radical (unpaired) electrons. The van der Waals surface area contributed by atoms with Crippen molar-refractivity contribution in [1.82, 2.24) is 4.98 Å². The average Bonchev–Trinajstić information content (AvgIpc) is 1.96. The standard InChI is InChI=1S/C7H7F3N2/c1-3-4(6(9)10)2-5(8)7(11)12-3/h2,6H,1H3,(H2,11,12). The zero-order valence-corrected chi connectivity index (χ0v) is 6.31. The molecule has 0 aromatic carbocycles. The van der Waals surface area contributed by atoms with Gasteiger partial charge in [0.25, 0.3) is 6.43 Å². The lowest BCUT2D eigenvalue weighted by molar-refractivity contribution is 0.149. The van der Waals surface area contributed by atoms with Gasteiger partial charge in [-0.25, -0.2) is 18.2 Å². The lowest BCUT2D eigenvalue weighted by Gasteiger charge is -2.04. The zero-order valence-electron chi connectivity index (χ0n) is 6.31. The molecule has 0 fully saturated rings. The van der Waals surface area contributed by atoms with E-state index in [4.69, 9.17) is 5.73 Å². The number of aromatic nitrogens is 1. The minimum atomic E-state index is -2.72. The van der Waals surface area contributed by atoms with E-state index in [-0.39, 0.29) is 11.5 Å². The van der Waals surface area contributed by atoms with Gasteiger partial charge in [-0.1, -0.05) is 0 Å². The molecule has 0 atom stereocenters.